The van der Waals surface area contributed by atoms with Crippen LogP contribution >= 0.6 is 0 Å². The number of benzene rings is 1. The summed E-state index contributed by atoms with van der Waals surface area (Å²) in [6.45, 7) is 7.03. The van der Waals surface area contributed by atoms with Gasteiger partial charge in [0.25, 0.3) is 5.91 Å². The highest BCUT2D eigenvalue weighted by Gasteiger charge is 2.34. The molecule has 1 aliphatic rings. The molecule has 2 heterocycles. The highest BCUT2D eigenvalue weighted by atomic mass is 32.2. The van der Waals surface area contributed by atoms with E-state index in [0.29, 0.717) is 22.8 Å². The zero-order chi connectivity index (χ0) is 26.8. The molecule has 0 radical (unpaired) electrons. The van der Waals surface area contributed by atoms with Crippen molar-refractivity contribution in [1.82, 2.24) is 14.4 Å². The van der Waals surface area contributed by atoms with Crippen LogP contribution in [0.4, 0.5) is 16.2 Å². The number of aliphatic hydroxyl groups excluding tert-OH is 1. The number of aliphatic hydroxyl groups is 1. The van der Waals surface area contributed by atoms with Crippen LogP contribution in [0.3, 0.4) is 0 Å². The molecule has 2 aromatic rings. The fourth-order valence-corrected chi connectivity index (χ4v) is 4.26. The van der Waals surface area contributed by atoms with Gasteiger partial charge in [0.15, 0.2) is 5.76 Å². The Morgan fingerprint density at radius 2 is 2.03 bits per heavy atom. The molecule has 0 unspecified atom stereocenters. The molecule has 3 rings (SSSR count). The Labute approximate surface area is 210 Å². The lowest BCUT2D eigenvalue weighted by molar-refractivity contribution is 0.0387. The number of urea groups is 1. The zero-order valence-corrected chi connectivity index (χ0v) is 22.0. The molecule has 1 aliphatic heterocycles. The quantitative estimate of drug-likeness (QED) is 0.498. The van der Waals surface area contributed by atoms with Gasteiger partial charge in [-0.25, -0.2) is 17.5 Å². The fraction of sp³-hybridized carbons (Fsp3) is 0.522. The number of anilines is 2. The van der Waals surface area contributed by atoms with Gasteiger partial charge in [-0.1, -0.05) is 12.1 Å². The van der Waals surface area contributed by atoms with E-state index in [9.17, 15) is 23.1 Å². The van der Waals surface area contributed by atoms with Crippen molar-refractivity contribution in [2.75, 3.05) is 43.6 Å². The molecule has 0 aliphatic carbocycles. The minimum atomic E-state index is -3.45. The molecule has 198 valence electrons. The van der Waals surface area contributed by atoms with E-state index in [2.05, 4.69) is 15.8 Å². The Kier molecular flexibility index (Phi) is 8.26. The third-order valence-electron chi connectivity index (χ3n) is 6.20. The second kappa shape index (κ2) is 10.8. The number of nitrogens with zero attached hydrogens (tertiary/aromatic N) is 3. The summed E-state index contributed by atoms with van der Waals surface area (Å²) in [6.07, 6.45) is 0.552. The molecule has 0 saturated carbocycles. The van der Waals surface area contributed by atoms with Crippen LogP contribution in [0.5, 0.6) is 5.75 Å². The molecule has 13 heteroatoms. The van der Waals surface area contributed by atoms with Crippen molar-refractivity contribution in [2.45, 2.75) is 39.8 Å². The van der Waals surface area contributed by atoms with Gasteiger partial charge in [-0.15, -0.1) is 0 Å². The Morgan fingerprint density at radius 3 is 2.61 bits per heavy atom. The Hall–Kier alpha value is -3.16. The first-order valence-electron chi connectivity index (χ1n) is 11.5. The van der Waals surface area contributed by atoms with Crippen molar-refractivity contribution in [3.63, 3.8) is 0 Å². The van der Waals surface area contributed by atoms with Crippen LogP contribution in [0.25, 0.3) is 0 Å². The summed E-state index contributed by atoms with van der Waals surface area (Å²) in [5.41, 5.74) is 1.50. The second-order valence-corrected chi connectivity index (χ2v) is 11.2. The second-order valence-electron chi connectivity index (χ2n) is 9.16. The summed E-state index contributed by atoms with van der Waals surface area (Å²) in [5, 5.41) is 18.9. The maximum absolute atomic E-state index is 13.5. The standard InChI is InChI=1S/C23H33N5O7S/c1-13-10-28(14(2)12-29)22(30)18-9-17(24-23(31)25-21-15(3)26-35-16(21)4)7-8-19(18)34-20(13)11-27(5)36(6,32)33/h7-9,13-14,20,29H,10-12H2,1-6H3,(H2,24,25,31)/t13-,14+,20-/m0/s1. The molecule has 3 N–H and O–H groups in total. The minimum absolute atomic E-state index is 0.0782. The molecular weight excluding hydrogens is 490 g/mol. The number of amides is 3. The summed E-state index contributed by atoms with van der Waals surface area (Å²) < 4.78 is 36.4. The molecule has 1 aromatic heterocycles. The highest BCUT2D eigenvalue weighted by molar-refractivity contribution is 7.88. The van der Waals surface area contributed by atoms with E-state index in [-0.39, 0.29) is 42.8 Å². The van der Waals surface area contributed by atoms with Gasteiger partial charge in [0, 0.05) is 25.2 Å². The molecule has 0 saturated heterocycles. The van der Waals surface area contributed by atoms with E-state index in [0.717, 1.165) is 6.26 Å². The third-order valence-corrected chi connectivity index (χ3v) is 7.48. The molecule has 12 nitrogen and oxygen atoms in total. The fourth-order valence-electron chi connectivity index (χ4n) is 3.84. The van der Waals surface area contributed by atoms with E-state index in [1.165, 1.54) is 22.3 Å². The van der Waals surface area contributed by atoms with Gasteiger partial charge in [-0.3, -0.25) is 4.79 Å². The van der Waals surface area contributed by atoms with Crippen LogP contribution in [0.2, 0.25) is 0 Å². The van der Waals surface area contributed by atoms with E-state index >= 15 is 0 Å². The summed E-state index contributed by atoms with van der Waals surface area (Å²) in [5.74, 6) is 0.101. The molecule has 0 bridgehead atoms. The number of rotatable bonds is 7. The molecule has 1 aromatic carbocycles. The minimum Gasteiger partial charge on any atom is -0.488 e. The summed E-state index contributed by atoms with van der Waals surface area (Å²) >= 11 is 0. The van der Waals surface area contributed by atoms with E-state index in [4.69, 9.17) is 9.26 Å². The first-order valence-corrected chi connectivity index (χ1v) is 13.3. The third kappa shape index (κ3) is 6.15. The van der Waals surface area contributed by atoms with Gasteiger partial charge < -0.3 is 29.9 Å². The van der Waals surface area contributed by atoms with E-state index in [1.807, 2.05) is 6.92 Å². The van der Waals surface area contributed by atoms with Gasteiger partial charge in [-0.2, -0.15) is 0 Å². The Bertz CT molecular complexity index is 1210. The Morgan fingerprint density at radius 1 is 1.33 bits per heavy atom. The van der Waals surface area contributed by atoms with Gasteiger partial charge in [0.2, 0.25) is 10.0 Å². The molecule has 36 heavy (non-hydrogen) atoms. The van der Waals surface area contributed by atoms with Crippen LogP contribution in [-0.2, 0) is 10.0 Å². The summed E-state index contributed by atoms with van der Waals surface area (Å²) in [4.78, 5) is 27.6. The number of aryl methyl sites for hydroxylation is 2. The number of carbonyl (C=O) groups is 2. The van der Waals surface area contributed by atoms with Crippen LogP contribution in [0.1, 0.15) is 35.7 Å². The topological polar surface area (TPSA) is 154 Å². The van der Waals surface area contributed by atoms with Crippen molar-refractivity contribution >= 4 is 33.3 Å². The summed E-state index contributed by atoms with van der Waals surface area (Å²) in [6, 6.07) is 3.60. The maximum atomic E-state index is 13.5. The predicted octanol–water partition coefficient (Wildman–Crippen LogP) is 2.05. The maximum Gasteiger partial charge on any atom is 0.323 e. The largest absolute Gasteiger partial charge is 0.488 e. The van der Waals surface area contributed by atoms with Crippen LogP contribution < -0.4 is 15.4 Å². The lowest BCUT2D eigenvalue weighted by atomic mass is 9.99. The number of nitrogens with one attached hydrogen (secondary N) is 2. The average Bonchev–Trinajstić information content (AvgIpc) is 3.12. The van der Waals surface area contributed by atoms with E-state index in [1.54, 1.807) is 32.9 Å². The van der Waals surface area contributed by atoms with Crippen LogP contribution in [0.15, 0.2) is 22.7 Å². The number of hydrogen-bond acceptors (Lipinski definition) is 8. The van der Waals surface area contributed by atoms with E-state index < -0.39 is 28.2 Å². The average molecular weight is 524 g/mol. The van der Waals surface area contributed by atoms with Gasteiger partial charge in [-0.05, 0) is 39.0 Å². The number of likely N-dealkylation sites (N-methyl/N-ethyl adjacent to an activating group) is 1. The Balaban J connectivity index is 1.92. The number of hydrogen-bond donors (Lipinski definition) is 3. The molecule has 0 fully saturated rings. The first-order chi connectivity index (χ1) is 16.8. The number of carbonyl (C=O) groups excluding carboxylic acids is 2. The molecule has 3 atom stereocenters. The monoisotopic (exact) mass is 523 g/mol. The van der Waals surface area contributed by atoms with Gasteiger partial charge in [0.1, 0.15) is 23.2 Å². The lowest BCUT2D eigenvalue weighted by Crippen LogP contribution is -2.50. The van der Waals surface area contributed by atoms with Gasteiger partial charge >= 0.3 is 6.03 Å². The summed E-state index contributed by atoms with van der Waals surface area (Å²) in [7, 11) is -1.98. The lowest BCUT2D eigenvalue weighted by Gasteiger charge is -2.38. The van der Waals surface area contributed by atoms with Crippen molar-refractivity contribution in [3.05, 3.63) is 35.2 Å². The smallest absolute Gasteiger partial charge is 0.323 e. The number of sulfonamides is 1. The predicted molar refractivity (Wildman–Crippen MR) is 134 cm³/mol. The number of aromatic nitrogens is 1. The van der Waals surface area contributed by atoms with Crippen molar-refractivity contribution in [1.29, 1.82) is 0 Å². The molecule has 0 spiro atoms. The SMILES string of the molecule is Cc1noc(C)c1NC(=O)Nc1ccc2c(c1)C(=O)N([C@H](C)CO)C[C@H](C)[C@H](CN(C)S(C)(=O)=O)O2. The normalized spacial score (nSPS) is 19.2. The zero-order valence-electron chi connectivity index (χ0n) is 21.2. The van der Waals surface area contributed by atoms with Crippen molar-refractivity contribution < 1.29 is 32.4 Å². The number of ether oxygens (including phenoxy) is 1. The van der Waals surface area contributed by atoms with Crippen molar-refractivity contribution in [2.24, 2.45) is 5.92 Å². The van der Waals surface area contributed by atoms with Crippen LogP contribution in [0, 0.1) is 19.8 Å². The van der Waals surface area contributed by atoms with Crippen LogP contribution in [-0.4, -0.2) is 85.0 Å². The molecule has 3 amide bonds. The number of fused-ring (bicyclic) bond motifs is 1. The highest BCUT2D eigenvalue weighted by Crippen LogP contribution is 2.31. The first kappa shape index (κ1) is 27.4. The van der Waals surface area contributed by atoms with Gasteiger partial charge in [0.05, 0.1) is 31.0 Å². The van der Waals surface area contributed by atoms with Crippen molar-refractivity contribution in [3.8, 4) is 5.75 Å². The molecular formula is C23H33N5O7S.